The Bertz CT molecular complexity index is 922. The fraction of sp³-hybridized carbons (Fsp3) is 0.312. The van der Waals surface area contributed by atoms with Crippen LogP contribution < -0.4 is 4.72 Å². The van der Waals surface area contributed by atoms with Crippen molar-refractivity contribution in [2.24, 2.45) is 7.05 Å². The Hall–Kier alpha value is -1.90. The van der Waals surface area contributed by atoms with E-state index in [-0.39, 0.29) is 17.5 Å². The predicted octanol–water partition coefficient (Wildman–Crippen LogP) is 3.34. The van der Waals surface area contributed by atoms with Gasteiger partial charge in [0.15, 0.2) is 5.03 Å². The highest BCUT2D eigenvalue weighted by Crippen LogP contribution is 2.26. The van der Waals surface area contributed by atoms with Gasteiger partial charge in [0, 0.05) is 41.5 Å². The van der Waals surface area contributed by atoms with Crippen LogP contribution in [-0.4, -0.2) is 18.0 Å². The van der Waals surface area contributed by atoms with E-state index >= 15 is 0 Å². The van der Waals surface area contributed by atoms with Gasteiger partial charge in [-0.2, -0.15) is 0 Å². The van der Waals surface area contributed by atoms with Crippen LogP contribution in [0.5, 0.6) is 0 Å². The molecule has 6 nitrogen and oxygen atoms in total. The summed E-state index contributed by atoms with van der Waals surface area (Å²) in [6.07, 6.45) is 3.16. The highest BCUT2D eigenvalue weighted by molar-refractivity contribution is 7.89. The first kappa shape index (κ1) is 16.9. The van der Waals surface area contributed by atoms with Crippen molar-refractivity contribution in [1.29, 1.82) is 0 Å². The van der Waals surface area contributed by atoms with E-state index < -0.39 is 10.0 Å². The van der Waals surface area contributed by atoms with Gasteiger partial charge in [0.25, 0.3) is 10.0 Å². The van der Waals surface area contributed by atoms with Gasteiger partial charge in [-0.05, 0) is 18.2 Å². The van der Waals surface area contributed by atoms with Gasteiger partial charge in [-0.3, -0.25) is 0 Å². The normalized spacial score (nSPS) is 12.2. The van der Waals surface area contributed by atoms with Crippen molar-refractivity contribution in [2.75, 3.05) is 0 Å². The quantitative estimate of drug-likeness (QED) is 0.727. The third-order valence-electron chi connectivity index (χ3n) is 3.58. The molecular formula is C16H19N3O3S2. The van der Waals surface area contributed by atoms with Crippen LogP contribution in [0.3, 0.4) is 0 Å². The van der Waals surface area contributed by atoms with Crippen molar-refractivity contribution >= 4 is 21.4 Å². The molecule has 3 rings (SSSR count). The minimum absolute atomic E-state index is 0.0523. The van der Waals surface area contributed by atoms with Gasteiger partial charge in [-0.25, -0.2) is 18.1 Å². The number of aromatic nitrogens is 2. The Kier molecular flexibility index (Phi) is 4.62. The molecule has 3 heterocycles. The third-order valence-corrected chi connectivity index (χ3v) is 5.79. The second-order valence-corrected chi connectivity index (χ2v) is 8.52. The van der Waals surface area contributed by atoms with Gasteiger partial charge in [-0.1, -0.05) is 13.8 Å². The number of hydrogen-bond donors (Lipinski definition) is 1. The molecule has 0 bridgehead atoms. The fourth-order valence-corrected chi connectivity index (χ4v) is 4.31. The van der Waals surface area contributed by atoms with Gasteiger partial charge in [0.2, 0.25) is 0 Å². The molecule has 0 spiro atoms. The van der Waals surface area contributed by atoms with Gasteiger partial charge in [0.1, 0.15) is 11.6 Å². The molecule has 0 atom stereocenters. The minimum Gasteiger partial charge on any atom is -0.464 e. The zero-order valence-electron chi connectivity index (χ0n) is 13.7. The average molecular weight is 365 g/mol. The summed E-state index contributed by atoms with van der Waals surface area (Å²) in [5.74, 6) is 1.67. The van der Waals surface area contributed by atoms with E-state index in [1.807, 2.05) is 37.4 Å². The highest BCUT2D eigenvalue weighted by atomic mass is 32.2. The lowest BCUT2D eigenvalue weighted by Gasteiger charge is -2.03. The lowest BCUT2D eigenvalue weighted by atomic mass is 10.2. The monoisotopic (exact) mass is 365 g/mol. The van der Waals surface area contributed by atoms with Crippen molar-refractivity contribution in [1.82, 2.24) is 14.3 Å². The molecular weight excluding hydrogens is 346 g/mol. The predicted molar refractivity (Wildman–Crippen MR) is 93.3 cm³/mol. The van der Waals surface area contributed by atoms with E-state index in [4.69, 9.17) is 4.42 Å². The molecule has 0 aliphatic carbocycles. The fourth-order valence-electron chi connectivity index (χ4n) is 2.40. The first-order valence-corrected chi connectivity index (χ1v) is 9.87. The van der Waals surface area contributed by atoms with Crippen LogP contribution in [0.15, 0.2) is 45.5 Å². The molecule has 128 valence electrons. The van der Waals surface area contributed by atoms with E-state index in [9.17, 15) is 8.42 Å². The summed E-state index contributed by atoms with van der Waals surface area (Å²) >= 11 is 1.48. The summed E-state index contributed by atoms with van der Waals surface area (Å²) in [6, 6.07) is 5.62. The van der Waals surface area contributed by atoms with Crippen LogP contribution in [-0.2, 0) is 23.6 Å². The zero-order valence-corrected chi connectivity index (χ0v) is 15.3. The lowest BCUT2D eigenvalue weighted by Crippen LogP contribution is -2.23. The largest absolute Gasteiger partial charge is 0.464 e. The molecule has 0 amide bonds. The smallest absolute Gasteiger partial charge is 0.259 e. The molecule has 0 aliphatic heterocycles. The van der Waals surface area contributed by atoms with Crippen molar-refractivity contribution in [3.63, 3.8) is 0 Å². The van der Waals surface area contributed by atoms with Crippen molar-refractivity contribution in [3.05, 3.63) is 46.7 Å². The number of thiophene rings is 1. The minimum atomic E-state index is -3.64. The molecule has 0 saturated heterocycles. The summed E-state index contributed by atoms with van der Waals surface area (Å²) in [7, 11) is -1.84. The Morgan fingerprint density at radius 1 is 1.42 bits per heavy atom. The van der Waals surface area contributed by atoms with Crippen LogP contribution in [0.4, 0.5) is 0 Å². The molecule has 24 heavy (non-hydrogen) atoms. The van der Waals surface area contributed by atoms with Crippen LogP contribution >= 0.6 is 11.3 Å². The Morgan fingerprint density at radius 2 is 2.21 bits per heavy atom. The third kappa shape index (κ3) is 3.45. The number of sulfonamides is 1. The molecule has 0 aliphatic rings. The van der Waals surface area contributed by atoms with Crippen LogP contribution in [0.2, 0.25) is 0 Å². The summed E-state index contributed by atoms with van der Waals surface area (Å²) in [5, 5.41) is 2.00. The number of nitrogens with zero attached hydrogens (tertiary/aromatic N) is 2. The van der Waals surface area contributed by atoms with Crippen LogP contribution in [0, 0.1) is 0 Å². The summed E-state index contributed by atoms with van der Waals surface area (Å²) < 4.78 is 34.6. The standard InChI is InChI=1S/C16H19N3O3S2/c1-11(2)16-18-15(9-19(16)3)24(20,21)17-8-13-7-12(10-23-13)14-5-4-6-22-14/h4-7,9-11,17H,8H2,1-3H3. The van der Waals surface area contributed by atoms with Gasteiger partial charge >= 0.3 is 0 Å². The van der Waals surface area contributed by atoms with Crippen LogP contribution in [0.1, 0.15) is 30.5 Å². The molecule has 8 heteroatoms. The van der Waals surface area contributed by atoms with Gasteiger partial charge in [0.05, 0.1) is 6.26 Å². The Morgan fingerprint density at radius 3 is 2.83 bits per heavy atom. The molecule has 0 aromatic carbocycles. The number of hydrogen-bond acceptors (Lipinski definition) is 5. The second kappa shape index (κ2) is 6.54. The maximum Gasteiger partial charge on any atom is 0.259 e. The SMILES string of the molecule is CC(C)c1nc(S(=O)(=O)NCc2cc(-c3ccco3)cs2)cn1C. The molecule has 0 radical (unpaired) electrons. The molecule has 0 unspecified atom stereocenters. The summed E-state index contributed by atoms with van der Waals surface area (Å²) in [6.45, 7) is 4.18. The average Bonchev–Trinajstić information content (AvgIpc) is 3.25. The van der Waals surface area contributed by atoms with Crippen LogP contribution in [0.25, 0.3) is 11.3 Å². The van der Waals surface area contributed by atoms with Crippen molar-refractivity contribution in [3.8, 4) is 11.3 Å². The summed E-state index contributed by atoms with van der Waals surface area (Å²) in [5.41, 5.74) is 0.944. The van der Waals surface area contributed by atoms with E-state index in [1.54, 1.807) is 24.1 Å². The Balaban J connectivity index is 1.73. The maximum absolute atomic E-state index is 12.4. The highest BCUT2D eigenvalue weighted by Gasteiger charge is 2.20. The first-order valence-electron chi connectivity index (χ1n) is 7.51. The molecule has 0 fully saturated rings. The number of nitrogens with one attached hydrogen (secondary N) is 1. The lowest BCUT2D eigenvalue weighted by molar-refractivity contribution is 0.578. The van der Waals surface area contributed by atoms with Crippen molar-refractivity contribution in [2.45, 2.75) is 31.3 Å². The molecule has 3 aromatic heterocycles. The van der Waals surface area contributed by atoms with E-state index in [1.165, 1.54) is 11.3 Å². The summed E-state index contributed by atoms with van der Waals surface area (Å²) in [4.78, 5) is 5.15. The number of aryl methyl sites for hydroxylation is 1. The Labute approximate surface area is 145 Å². The molecule has 0 saturated carbocycles. The van der Waals surface area contributed by atoms with Gasteiger partial charge < -0.3 is 8.98 Å². The first-order chi connectivity index (χ1) is 11.4. The number of imidazole rings is 1. The van der Waals surface area contributed by atoms with E-state index in [0.29, 0.717) is 0 Å². The maximum atomic E-state index is 12.4. The van der Waals surface area contributed by atoms with Gasteiger partial charge in [-0.15, -0.1) is 11.3 Å². The second-order valence-electron chi connectivity index (χ2n) is 5.81. The number of furan rings is 1. The van der Waals surface area contributed by atoms with Crippen molar-refractivity contribution < 1.29 is 12.8 Å². The number of rotatable bonds is 6. The van der Waals surface area contributed by atoms with E-state index in [0.717, 1.165) is 22.0 Å². The zero-order chi connectivity index (χ0) is 17.3. The molecule has 3 aromatic rings. The topological polar surface area (TPSA) is 77.1 Å². The van der Waals surface area contributed by atoms with E-state index in [2.05, 4.69) is 9.71 Å². The molecule has 1 N–H and O–H groups in total.